The highest BCUT2D eigenvalue weighted by Gasteiger charge is 2.35. The number of halogens is 1. The van der Waals surface area contributed by atoms with Crippen LogP contribution < -0.4 is 22.1 Å². The van der Waals surface area contributed by atoms with Gasteiger partial charge in [0.15, 0.2) is 11.4 Å². The lowest BCUT2D eigenvalue weighted by atomic mass is 9.96. The van der Waals surface area contributed by atoms with Crippen molar-refractivity contribution in [3.8, 4) is 0 Å². The number of amides is 2. The zero-order chi connectivity index (χ0) is 17.5. The first-order valence-corrected chi connectivity index (χ1v) is 7.58. The van der Waals surface area contributed by atoms with Crippen molar-refractivity contribution in [3.63, 3.8) is 0 Å². The minimum atomic E-state index is -1.64. The van der Waals surface area contributed by atoms with Gasteiger partial charge in [-0.2, -0.15) is 0 Å². The molecule has 0 aliphatic heterocycles. The number of alkyl halides is 1. The maximum Gasteiger partial charge on any atom is 0.241 e. The zero-order valence-corrected chi connectivity index (χ0v) is 13.6. The molecule has 1 aromatic rings. The Kier molecular flexibility index (Phi) is 7.15. The molecule has 0 spiro atoms. The molecule has 2 unspecified atom stereocenters. The lowest BCUT2D eigenvalue weighted by Gasteiger charge is -2.29. The molecule has 0 fully saturated rings. The quantitative estimate of drug-likeness (QED) is 0.366. The highest BCUT2D eigenvalue weighted by Crippen LogP contribution is 2.11. The van der Waals surface area contributed by atoms with Crippen LogP contribution in [0.2, 0.25) is 0 Å². The van der Waals surface area contributed by atoms with E-state index in [0.29, 0.717) is 0 Å². The van der Waals surface area contributed by atoms with E-state index >= 15 is 0 Å². The van der Waals surface area contributed by atoms with Gasteiger partial charge in [-0.1, -0.05) is 30.3 Å². The molecule has 1 aromatic carbocycles. The minimum Gasteiger partial charge on any atom is -0.346 e. The van der Waals surface area contributed by atoms with Crippen molar-refractivity contribution < 1.29 is 14.4 Å². The van der Waals surface area contributed by atoms with Crippen molar-refractivity contribution in [2.24, 2.45) is 11.5 Å². The number of Topliss-reactive ketones (excluding diaryl/α,β-unsaturated/α-hetero) is 1. The smallest absolute Gasteiger partial charge is 0.241 e. The second kappa shape index (κ2) is 8.61. The van der Waals surface area contributed by atoms with Gasteiger partial charge >= 0.3 is 0 Å². The van der Waals surface area contributed by atoms with Gasteiger partial charge in [0.2, 0.25) is 11.8 Å². The number of benzene rings is 1. The molecule has 0 bridgehead atoms. The number of rotatable bonds is 8. The lowest BCUT2D eigenvalue weighted by Crippen LogP contribution is -2.64. The van der Waals surface area contributed by atoms with E-state index in [1.54, 1.807) is 24.3 Å². The third-order valence-electron chi connectivity index (χ3n) is 3.14. The Morgan fingerprint density at radius 2 is 1.87 bits per heavy atom. The van der Waals surface area contributed by atoms with Crippen molar-refractivity contribution in [1.29, 1.82) is 0 Å². The minimum absolute atomic E-state index is 0.0897. The average Bonchev–Trinajstić information content (AvgIpc) is 2.52. The van der Waals surface area contributed by atoms with Crippen molar-refractivity contribution in [1.82, 2.24) is 10.6 Å². The highest BCUT2D eigenvalue weighted by atomic mass is 35.5. The summed E-state index contributed by atoms with van der Waals surface area (Å²) in [6.07, 6.45) is 0.0897. The molecule has 2 amide bonds. The summed E-state index contributed by atoms with van der Waals surface area (Å²) < 4.78 is 0. The molecule has 8 heteroatoms. The van der Waals surface area contributed by atoms with E-state index in [0.717, 1.165) is 5.56 Å². The molecule has 0 radical (unpaired) electrons. The van der Waals surface area contributed by atoms with E-state index in [1.807, 2.05) is 6.07 Å². The first-order chi connectivity index (χ1) is 10.8. The molecule has 0 aliphatic rings. The van der Waals surface area contributed by atoms with Gasteiger partial charge in [-0.25, -0.2) is 0 Å². The Hall–Kier alpha value is -1.96. The highest BCUT2D eigenvalue weighted by molar-refractivity contribution is 6.29. The first-order valence-electron chi connectivity index (χ1n) is 7.05. The van der Waals surface area contributed by atoms with E-state index in [9.17, 15) is 14.4 Å². The molecule has 7 nitrogen and oxygen atoms in total. The standard InChI is InChI=1S/C15H21ClN4O3/c1-10(17)14(23)19-9-13(22)20-15(18,12(21)8-16)7-11-5-3-2-4-6-11/h2-6,10H,7-9,17-18H2,1H3,(H,19,23)(H,20,22). The van der Waals surface area contributed by atoms with Crippen LogP contribution in [0.4, 0.5) is 0 Å². The van der Waals surface area contributed by atoms with Crippen molar-refractivity contribution in [2.45, 2.75) is 25.0 Å². The number of nitrogens with two attached hydrogens (primary N) is 2. The maximum atomic E-state index is 12.0. The van der Waals surface area contributed by atoms with Crippen LogP contribution in [0.5, 0.6) is 0 Å². The molecule has 23 heavy (non-hydrogen) atoms. The summed E-state index contributed by atoms with van der Waals surface area (Å²) in [6, 6.07) is 8.25. The van der Waals surface area contributed by atoms with Gasteiger partial charge in [-0.05, 0) is 12.5 Å². The second-order valence-electron chi connectivity index (χ2n) is 5.25. The van der Waals surface area contributed by atoms with Gasteiger partial charge in [-0.15, -0.1) is 11.6 Å². The molecule has 0 saturated carbocycles. The lowest BCUT2D eigenvalue weighted by molar-refractivity contribution is -0.131. The van der Waals surface area contributed by atoms with E-state index in [-0.39, 0.29) is 18.8 Å². The molecule has 1 rings (SSSR count). The average molecular weight is 341 g/mol. The maximum absolute atomic E-state index is 12.0. The fraction of sp³-hybridized carbons (Fsp3) is 0.400. The first kappa shape index (κ1) is 19.1. The molecular formula is C15H21ClN4O3. The summed E-state index contributed by atoms with van der Waals surface area (Å²) in [5.74, 6) is -1.93. The summed E-state index contributed by atoms with van der Waals surface area (Å²) in [5, 5.41) is 4.79. The van der Waals surface area contributed by atoms with E-state index in [1.165, 1.54) is 6.92 Å². The number of ketones is 1. The Morgan fingerprint density at radius 3 is 2.39 bits per heavy atom. The van der Waals surface area contributed by atoms with E-state index in [2.05, 4.69) is 10.6 Å². The molecule has 0 heterocycles. The molecule has 0 saturated heterocycles. The van der Waals surface area contributed by atoms with Gasteiger partial charge in [0, 0.05) is 6.42 Å². The van der Waals surface area contributed by atoms with Crippen LogP contribution in [-0.2, 0) is 20.8 Å². The van der Waals surface area contributed by atoms with Gasteiger partial charge < -0.3 is 22.1 Å². The summed E-state index contributed by atoms with van der Waals surface area (Å²) in [6.45, 7) is 1.16. The zero-order valence-electron chi connectivity index (χ0n) is 12.8. The van der Waals surface area contributed by atoms with Crippen LogP contribution in [0, 0.1) is 0 Å². The van der Waals surface area contributed by atoms with E-state index < -0.39 is 29.3 Å². The topological polar surface area (TPSA) is 127 Å². The van der Waals surface area contributed by atoms with Crippen molar-refractivity contribution >= 4 is 29.2 Å². The van der Waals surface area contributed by atoms with Crippen LogP contribution in [0.1, 0.15) is 12.5 Å². The molecular weight excluding hydrogens is 320 g/mol. The number of carbonyl (C=O) groups excluding carboxylic acids is 3. The van der Waals surface area contributed by atoms with Crippen LogP contribution in [0.25, 0.3) is 0 Å². The van der Waals surface area contributed by atoms with E-state index in [4.69, 9.17) is 23.1 Å². The number of nitrogens with one attached hydrogen (secondary N) is 2. The van der Waals surface area contributed by atoms with Gasteiger partial charge in [0.05, 0.1) is 18.5 Å². The Labute approximate surface area is 139 Å². The predicted octanol–water partition coefficient (Wildman–Crippen LogP) is -0.728. The monoisotopic (exact) mass is 340 g/mol. The van der Waals surface area contributed by atoms with Crippen LogP contribution >= 0.6 is 11.6 Å². The largest absolute Gasteiger partial charge is 0.346 e. The molecule has 0 aliphatic carbocycles. The normalized spacial score (nSPS) is 14.4. The molecule has 126 valence electrons. The predicted molar refractivity (Wildman–Crippen MR) is 87.6 cm³/mol. The summed E-state index contributed by atoms with van der Waals surface area (Å²) in [4.78, 5) is 35.4. The Morgan fingerprint density at radius 1 is 1.26 bits per heavy atom. The van der Waals surface area contributed by atoms with Gasteiger partial charge in [-0.3, -0.25) is 14.4 Å². The summed E-state index contributed by atoms with van der Waals surface area (Å²) in [7, 11) is 0. The Balaban J connectivity index is 2.76. The third kappa shape index (κ3) is 5.97. The SMILES string of the molecule is CC(N)C(=O)NCC(=O)NC(N)(Cc1ccccc1)C(=O)CCl. The van der Waals surface area contributed by atoms with Crippen LogP contribution in [0.3, 0.4) is 0 Å². The van der Waals surface area contributed by atoms with Gasteiger partial charge in [0.1, 0.15) is 0 Å². The second-order valence-corrected chi connectivity index (χ2v) is 5.51. The number of hydrogen-bond acceptors (Lipinski definition) is 5. The summed E-state index contributed by atoms with van der Waals surface area (Å²) in [5.41, 5.74) is 10.6. The molecule has 6 N–H and O–H groups in total. The number of carbonyl (C=O) groups is 3. The Bertz CT molecular complexity index is 565. The van der Waals surface area contributed by atoms with Crippen molar-refractivity contribution in [3.05, 3.63) is 35.9 Å². The summed E-state index contributed by atoms with van der Waals surface area (Å²) >= 11 is 5.59. The fourth-order valence-corrected chi connectivity index (χ4v) is 2.11. The molecule has 2 atom stereocenters. The van der Waals surface area contributed by atoms with Crippen molar-refractivity contribution in [2.75, 3.05) is 12.4 Å². The van der Waals surface area contributed by atoms with Gasteiger partial charge in [0.25, 0.3) is 0 Å². The van der Waals surface area contributed by atoms with Crippen LogP contribution in [-0.4, -0.2) is 41.7 Å². The van der Waals surface area contributed by atoms with Crippen LogP contribution in [0.15, 0.2) is 30.3 Å². The molecule has 0 aromatic heterocycles. The number of hydrogen-bond donors (Lipinski definition) is 4. The fourth-order valence-electron chi connectivity index (χ4n) is 1.87. The third-order valence-corrected chi connectivity index (χ3v) is 3.39.